The first-order valence-corrected chi connectivity index (χ1v) is 15.2. The standard InChI is InChI=1S/C31H57N3O10/c1-28(2,3)41-24(35)20(14-16-34-17-15-21(34)25(36)42-29(4,5)6)32-18-22(40-19-39-13)23(26(37)43-30(7,8)9)33-27(38)44-31(10,11)12/h20-23,32H,14-19H2,1-13H3,(H,33,38)/t20-,21-,22-,23-/m0/s1. The van der Waals surface area contributed by atoms with Gasteiger partial charge in [-0.25, -0.2) is 9.59 Å². The number of nitrogens with zero attached hydrogens (tertiary/aromatic N) is 1. The van der Waals surface area contributed by atoms with Crippen molar-refractivity contribution in [2.24, 2.45) is 0 Å². The number of alkyl carbamates (subject to hydrolysis) is 1. The van der Waals surface area contributed by atoms with Crippen molar-refractivity contribution >= 4 is 24.0 Å². The van der Waals surface area contributed by atoms with Crippen LogP contribution in [0.15, 0.2) is 0 Å². The van der Waals surface area contributed by atoms with Crippen LogP contribution in [0.4, 0.5) is 4.79 Å². The fourth-order valence-corrected chi connectivity index (χ4v) is 4.11. The van der Waals surface area contributed by atoms with Crippen LogP contribution in [-0.4, -0.2) is 109 Å². The van der Waals surface area contributed by atoms with Crippen LogP contribution in [-0.2, 0) is 42.8 Å². The third-order valence-electron chi connectivity index (χ3n) is 5.88. The minimum atomic E-state index is -1.31. The number of carbonyl (C=O) groups is 4. The maximum atomic E-state index is 13.3. The summed E-state index contributed by atoms with van der Waals surface area (Å²) in [7, 11) is 1.42. The van der Waals surface area contributed by atoms with Gasteiger partial charge in [-0.3, -0.25) is 14.5 Å². The Morgan fingerprint density at radius 1 is 0.773 bits per heavy atom. The molecule has 0 aromatic carbocycles. The van der Waals surface area contributed by atoms with Crippen molar-refractivity contribution in [2.45, 2.75) is 143 Å². The molecule has 0 spiro atoms. The third-order valence-corrected chi connectivity index (χ3v) is 5.88. The Balaban J connectivity index is 3.19. The largest absolute Gasteiger partial charge is 0.459 e. The molecule has 13 nitrogen and oxygen atoms in total. The van der Waals surface area contributed by atoms with Gasteiger partial charge in [-0.05, 0) is 95.9 Å². The summed E-state index contributed by atoms with van der Waals surface area (Å²) in [5.41, 5.74) is -3.03. The Bertz CT molecular complexity index is 960. The van der Waals surface area contributed by atoms with Crippen LogP contribution in [0.3, 0.4) is 0 Å². The van der Waals surface area contributed by atoms with Gasteiger partial charge in [0.25, 0.3) is 0 Å². The van der Waals surface area contributed by atoms with Gasteiger partial charge in [-0.2, -0.15) is 0 Å². The fraction of sp³-hybridized carbons (Fsp3) is 0.871. The van der Waals surface area contributed by atoms with Crippen LogP contribution in [0.5, 0.6) is 0 Å². The number of nitrogens with one attached hydrogen (secondary N) is 2. The first kappa shape index (κ1) is 39.5. The van der Waals surface area contributed by atoms with Crippen molar-refractivity contribution < 1.29 is 47.6 Å². The van der Waals surface area contributed by atoms with Crippen molar-refractivity contribution in [3.8, 4) is 0 Å². The number of likely N-dealkylation sites (tertiary alicyclic amines) is 1. The monoisotopic (exact) mass is 631 g/mol. The average molecular weight is 632 g/mol. The molecule has 1 saturated heterocycles. The Hall–Kier alpha value is -2.48. The number of methoxy groups -OCH3 is 1. The molecule has 0 aliphatic carbocycles. The highest BCUT2D eigenvalue weighted by atomic mass is 16.7. The number of carbonyl (C=O) groups excluding carboxylic acids is 4. The molecule has 0 saturated carbocycles. The Labute approximate surface area is 263 Å². The molecule has 0 unspecified atom stereocenters. The number of amides is 1. The highest BCUT2D eigenvalue weighted by molar-refractivity contribution is 5.82. The summed E-state index contributed by atoms with van der Waals surface area (Å²) in [4.78, 5) is 54.0. The zero-order valence-corrected chi connectivity index (χ0v) is 29.1. The lowest BCUT2D eigenvalue weighted by Gasteiger charge is -2.41. The van der Waals surface area contributed by atoms with E-state index in [1.807, 2.05) is 25.7 Å². The molecule has 1 fully saturated rings. The first-order chi connectivity index (χ1) is 19.9. The fourth-order valence-electron chi connectivity index (χ4n) is 4.11. The molecular formula is C31H57N3O10. The van der Waals surface area contributed by atoms with Gasteiger partial charge in [-0.15, -0.1) is 0 Å². The summed E-state index contributed by atoms with van der Waals surface area (Å²) in [6.07, 6.45) is -0.906. The van der Waals surface area contributed by atoms with Gasteiger partial charge in [0.15, 0.2) is 6.04 Å². The molecule has 13 heteroatoms. The molecule has 1 heterocycles. The summed E-state index contributed by atoms with van der Waals surface area (Å²) in [6.45, 7) is 21.8. The van der Waals surface area contributed by atoms with E-state index in [-0.39, 0.29) is 25.3 Å². The van der Waals surface area contributed by atoms with E-state index in [4.69, 9.17) is 28.4 Å². The van der Waals surface area contributed by atoms with Crippen LogP contribution in [0.25, 0.3) is 0 Å². The van der Waals surface area contributed by atoms with E-state index in [0.29, 0.717) is 25.9 Å². The molecule has 0 aromatic heterocycles. The van der Waals surface area contributed by atoms with E-state index in [9.17, 15) is 19.2 Å². The number of hydrogen-bond donors (Lipinski definition) is 2. The highest BCUT2D eigenvalue weighted by Crippen LogP contribution is 2.23. The molecule has 1 aliphatic heterocycles. The molecule has 0 radical (unpaired) electrons. The molecule has 1 rings (SSSR count). The molecule has 0 bridgehead atoms. The van der Waals surface area contributed by atoms with E-state index < -0.39 is 58.6 Å². The average Bonchev–Trinajstić information content (AvgIpc) is 2.76. The zero-order chi connectivity index (χ0) is 34.1. The van der Waals surface area contributed by atoms with Crippen LogP contribution in [0.1, 0.15) is 95.9 Å². The molecule has 44 heavy (non-hydrogen) atoms. The van der Waals surface area contributed by atoms with Crippen molar-refractivity contribution in [1.29, 1.82) is 0 Å². The molecule has 4 atom stereocenters. The van der Waals surface area contributed by atoms with Crippen LogP contribution in [0, 0.1) is 0 Å². The quantitative estimate of drug-likeness (QED) is 0.164. The van der Waals surface area contributed by atoms with Crippen molar-refractivity contribution in [2.75, 3.05) is 33.5 Å². The zero-order valence-electron chi connectivity index (χ0n) is 29.1. The summed E-state index contributed by atoms with van der Waals surface area (Å²) >= 11 is 0. The van der Waals surface area contributed by atoms with Gasteiger partial charge in [0, 0.05) is 26.7 Å². The lowest BCUT2D eigenvalue weighted by atomic mass is 10.0. The van der Waals surface area contributed by atoms with E-state index in [2.05, 4.69) is 10.6 Å². The van der Waals surface area contributed by atoms with Gasteiger partial charge in [0.1, 0.15) is 47.4 Å². The van der Waals surface area contributed by atoms with Gasteiger partial charge in [0.05, 0.1) is 0 Å². The summed E-state index contributed by atoms with van der Waals surface area (Å²) in [5, 5.41) is 5.73. The normalized spacial score (nSPS) is 18.3. The highest BCUT2D eigenvalue weighted by Gasteiger charge is 2.39. The van der Waals surface area contributed by atoms with Gasteiger partial charge < -0.3 is 39.1 Å². The lowest BCUT2D eigenvalue weighted by Crippen LogP contribution is -2.58. The molecule has 1 amide bonds. The molecule has 2 N–H and O–H groups in total. The summed E-state index contributed by atoms with van der Waals surface area (Å²) < 4.78 is 33.1. The van der Waals surface area contributed by atoms with E-state index >= 15 is 0 Å². The SMILES string of the molecule is COCO[C@@H](CN[C@@H](CCN1CC[C@H]1C(=O)OC(C)(C)C)C(=O)OC(C)(C)C)[C@H](NC(=O)OC(C)(C)C)C(=O)OC(C)(C)C. The first-order valence-electron chi connectivity index (χ1n) is 15.2. The van der Waals surface area contributed by atoms with Crippen molar-refractivity contribution in [3.63, 3.8) is 0 Å². The number of ether oxygens (including phenoxy) is 6. The van der Waals surface area contributed by atoms with Crippen molar-refractivity contribution in [3.05, 3.63) is 0 Å². The Morgan fingerprint density at radius 3 is 1.75 bits per heavy atom. The predicted molar refractivity (Wildman–Crippen MR) is 164 cm³/mol. The predicted octanol–water partition coefficient (Wildman–Crippen LogP) is 3.32. The maximum Gasteiger partial charge on any atom is 0.408 e. The second kappa shape index (κ2) is 16.2. The maximum absolute atomic E-state index is 13.3. The van der Waals surface area contributed by atoms with Crippen LogP contribution in [0.2, 0.25) is 0 Å². The second-order valence-corrected chi connectivity index (χ2v) is 14.9. The Morgan fingerprint density at radius 2 is 1.30 bits per heavy atom. The summed E-state index contributed by atoms with van der Waals surface area (Å²) in [6, 6.07) is -2.53. The molecular weight excluding hydrogens is 574 g/mol. The van der Waals surface area contributed by atoms with Crippen LogP contribution >= 0.6 is 0 Å². The van der Waals surface area contributed by atoms with Crippen LogP contribution < -0.4 is 10.6 Å². The van der Waals surface area contributed by atoms with Crippen molar-refractivity contribution in [1.82, 2.24) is 15.5 Å². The third kappa shape index (κ3) is 16.0. The molecule has 1 aliphatic rings. The minimum absolute atomic E-state index is 0.0670. The number of esters is 3. The smallest absolute Gasteiger partial charge is 0.408 e. The number of hydrogen-bond acceptors (Lipinski definition) is 12. The lowest BCUT2D eigenvalue weighted by molar-refractivity contribution is -0.166. The van der Waals surface area contributed by atoms with Gasteiger partial charge in [0.2, 0.25) is 0 Å². The van der Waals surface area contributed by atoms with E-state index in [1.165, 1.54) is 7.11 Å². The van der Waals surface area contributed by atoms with E-state index in [0.717, 1.165) is 0 Å². The molecule has 0 aromatic rings. The topological polar surface area (TPSA) is 151 Å². The molecule has 256 valence electrons. The second-order valence-electron chi connectivity index (χ2n) is 14.9. The minimum Gasteiger partial charge on any atom is -0.459 e. The van der Waals surface area contributed by atoms with Gasteiger partial charge >= 0.3 is 24.0 Å². The number of rotatable bonds is 14. The van der Waals surface area contributed by atoms with Gasteiger partial charge in [-0.1, -0.05) is 0 Å². The van der Waals surface area contributed by atoms with E-state index in [1.54, 1.807) is 62.3 Å². The Kier molecular flexibility index (Phi) is 14.6. The summed E-state index contributed by atoms with van der Waals surface area (Å²) in [5.74, 6) is -1.56.